The lowest BCUT2D eigenvalue weighted by Gasteiger charge is -2.42. The average molecular weight is 818 g/mol. The molecule has 7 rings (SSSR count). The molecule has 14 nitrogen and oxygen atoms in total. The number of piperidine rings is 1. The molecule has 3 N–H and O–H groups in total. The number of aromatic hydroxyl groups is 1. The van der Waals surface area contributed by atoms with E-state index in [1.54, 1.807) is 19.1 Å². The van der Waals surface area contributed by atoms with Crippen LogP contribution in [0, 0.1) is 11.8 Å². The number of pyridine rings is 1. The number of aromatic nitrogens is 1. The summed E-state index contributed by atoms with van der Waals surface area (Å²) in [6, 6.07) is 11.2. The second-order valence-electron chi connectivity index (χ2n) is 15.6. The van der Waals surface area contributed by atoms with Crippen molar-refractivity contribution in [1.29, 1.82) is 0 Å². The van der Waals surface area contributed by atoms with Gasteiger partial charge >= 0.3 is 0 Å². The molecule has 1 aliphatic carbocycles. The molecule has 3 aliphatic heterocycles. The molecular formula is C43H48ClN3O11. The highest BCUT2D eigenvalue weighted by atomic mass is 35.5. The zero-order valence-corrected chi connectivity index (χ0v) is 33.7. The van der Waals surface area contributed by atoms with Gasteiger partial charge in [-0.3, -0.25) is 24.0 Å². The molecular weight excluding hydrogens is 770 g/mol. The molecule has 4 heterocycles. The smallest absolute Gasteiger partial charge is 0.250 e. The number of phenols is 1. The minimum atomic E-state index is -2.06. The first-order valence-electron chi connectivity index (χ1n) is 19.6. The second kappa shape index (κ2) is 16.4. The first kappa shape index (κ1) is 40.7. The van der Waals surface area contributed by atoms with Crippen molar-refractivity contribution in [3.63, 3.8) is 0 Å². The van der Waals surface area contributed by atoms with Crippen molar-refractivity contribution in [1.82, 2.24) is 14.8 Å². The first-order chi connectivity index (χ1) is 27.8. The van der Waals surface area contributed by atoms with E-state index in [1.165, 1.54) is 45.6 Å². The summed E-state index contributed by atoms with van der Waals surface area (Å²) in [5.41, 5.74) is -0.870. The number of phenolic OH excluding ortho intramolecular Hbond substituents is 1. The molecule has 0 radical (unpaired) electrons. The monoisotopic (exact) mass is 817 g/mol. The molecule has 15 heteroatoms. The van der Waals surface area contributed by atoms with E-state index in [0.29, 0.717) is 57.4 Å². The highest BCUT2D eigenvalue weighted by Gasteiger charge is 2.61. The maximum atomic E-state index is 14.4. The van der Waals surface area contributed by atoms with Gasteiger partial charge in [-0.05, 0) is 48.9 Å². The van der Waals surface area contributed by atoms with Crippen LogP contribution in [0.5, 0.6) is 28.7 Å². The molecule has 1 aromatic heterocycles. The van der Waals surface area contributed by atoms with Gasteiger partial charge in [-0.1, -0.05) is 37.1 Å². The number of hydrogen-bond donors (Lipinski definition) is 3. The molecule has 0 saturated carbocycles. The van der Waals surface area contributed by atoms with Crippen molar-refractivity contribution >= 4 is 35.0 Å². The van der Waals surface area contributed by atoms with Crippen LogP contribution in [0.4, 0.5) is 0 Å². The lowest BCUT2D eigenvalue weighted by molar-refractivity contribution is -0.134. The molecule has 1 saturated heterocycles. The Morgan fingerprint density at radius 1 is 0.966 bits per heavy atom. The highest BCUT2D eigenvalue weighted by Crippen LogP contribution is 2.56. The maximum absolute atomic E-state index is 14.4. The summed E-state index contributed by atoms with van der Waals surface area (Å²) in [7, 11) is 4.12. The Kier molecular flexibility index (Phi) is 11.5. The number of ether oxygens (including phenoxy) is 4. The van der Waals surface area contributed by atoms with E-state index in [4.69, 9.17) is 30.5 Å². The quantitative estimate of drug-likeness (QED) is 0.186. The number of aliphatic hydroxyl groups excluding tert-OH is 1. The van der Waals surface area contributed by atoms with Gasteiger partial charge in [0, 0.05) is 86.6 Å². The Morgan fingerprint density at radius 3 is 2.47 bits per heavy atom. The topological polar surface area (TPSA) is 183 Å². The number of rotatable bonds is 13. The number of halogens is 1. The van der Waals surface area contributed by atoms with E-state index in [1.807, 2.05) is 15.5 Å². The van der Waals surface area contributed by atoms with Crippen LogP contribution in [0.15, 0.2) is 58.6 Å². The molecule has 2 aromatic carbocycles. The number of carbonyl (C=O) groups is 4. The second-order valence-corrected chi connectivity index (χ2v) is 16.0. The SMILES string of the molecule is COc1cc(C(CC(=O)NCCCCCC(=O)N2C[C@H]3C[C@@H](C2)c2cccc(=O)n2C3)C2=C(O)C3(Oc4c(Cl)c(OC)cc(OC)c4C3=O)C(C)CC2=O)ccc1O. The van der Waals surface area contributed by atoms with E-state index in [2.05, 4.69) is 5.32 Å². The van der Waals surface area contributed by atoms with Gasteiger partial charge in [0.1, 0.15) is 22.1 Å². The number of ketones is 2. The van der Waals surface area contributed by atoms with Crippen molar-refractivity contribution in [3.05, 3.63) is 86.0 Å². The van der Waals surface area contributed by atoms with Crippen molar-refractivity contribution in [2.24, 2.45) is 11.8 Å². The van der Waals surface area contributed by atoms with Crippen LogP contribution in [0.1, 0.15) is 85.3 Å². The Labute approximate surface area is 340 Å². The van der Waals surface area contributed by atoms with Crippen LogP contribution in [-0.4, -0.2) is 89.6 Å². The number of aliphatic hydroxyl groups is 1. The van der Waals surface area contributed by atoms with E-state index < -0.39 is 40.7 Å². The summed E-state index contributed by atoms with van der Waals surface area (Å²) < 4.78 is 24.3. The number of benzene rings is 2. The summed E-state index contributed by atoms with van der Waals surface area (Å²) in [5, 5.41) is 25.4. The number of unbranched alkanes of at least 4 members (excludes halogenated alkanes) is 2. The standard InChI is InChI=1S/C43H48ClN3O11/c1-23-15-30(49)37(41(53)43(23)42(54)38-32(56-3)19-33(57-4)39(44)40(38)58-43)27(25-12-13-29(48)31(17-25)55-2)18-34(50)45-14-7-5-6-10-35(51)46-20-24-16-26(22-46)28-9-8-11-36(52)47(28)21-24/h8-9,11-13,17,19,23-24,26-27,48,53H,5-7,10,14-16,18,20-22H2,1-4H3,(H,45,50)/t23?,24-,26+,27?,43?/m1/s1. The Balaban J connectivity index is 1.04. The molecule has 3 unspecified atom stereocenters. The van der Waals surface area contributed by atoms with E-state index in [9.17, 15) is 34.2 Å². The minimum absolute atomic E-state index is 0.00574. The van der Waals surface area contributed by atoms with Crippen LogP contribution >= 0.6 is 11.6 Å². The van der Waals surface area contributed by atoms with E-state index >= 15 is 0 Å². The van der Waals surface area contributed by atoms with Gasteiger partial charge in [0.25, 0.3) is 5.56 Å². The third kappa shape index (κ3) is 7.16. The Morgan fingerprint density at radius 2 is 1.72 bits per heavy atom. The number of methoxy groups -OCH3 is 3. The number of likely N-dealkylation sites (tertiary alicyclic amines) is 1. The number of nitrogens with one attached hydrogen (secondary N) is 1. The zero-order chi connectivity index (χ0) is 41.5. The predicted molar refractivity (Wildman–Crippen MR) is 212 cm³/mol. The minimum Gasteiger partial charge on any atom is -0.507 e. The summed E-state index contributed by atoms with van der Waals surface area (Å²) in [6.45, 7) is 3.78. The number of hydrogen-bond acceptors (Lipinski definition) is 11. The third-order valence-corrected chi connectivity index (χ3v) is 12.4. The van der Waals surface area contributed by atoms with Crippen LogP contribution in [0.25, 0.3) is 0 Å². The fourth-order valence-corrected chi connectivity index (χ4v) is 9.42. The molecule has 1 fully saturated rings. The zero-order valence-electron chi connectivity index (χ0n) is 33.0. The van der Waals surface area contributed by atoms with Crippen molar-refractivity contribution < 1.29 is 48.3 Å². The normalized spacial score (nSPS) is 22.6. The van der Waals surface area contributed by atoms with E-state index in [-0.39, 0.29) is 81.1 Å². The Bertz CT molecular complexity index is 2250. The molecule has 2 bridgehead atoms. The summed E-state index contributed by atoms with van der Waals surface area (Å²) in [5.74, 6) is -3.49. The summed E-state index contributed by atoms with van der Waals surface area (Å²) >= 11 is 6.61. The molecule has 1 spiro atoms. The van der Waals surface area contributed by atoms with Crippen LogP contribution in [-0.2, 0) is 20.9 Å². The number of carbonyl (C=O) groups excluding carboxylic acids is 4. The fraction of sp³-hybridized carbons (Fsp3) is 0.465. The predicted octanol–water partition coefficient (Wildman–Crippen LogP) is 5.46. The molecule has 308 valence electrons. The lowest BCUT2D eigenvalue weighted by atomic mass is 9.69. The van der Waals surface area contributed by atoms with Crippen LogP contribution in [0.3, 0.4) is 0 Å². The average Bonchev–Trinajstić information content (AvgIpc) is 3.52. The molecule has 5 atom stereocenters. The van der Waals surface area contributed by atoms with Crippen molar-refractivity contribution in [2.75, 3.05) is 41.0 Å². The summed E-state index contributed by atoms with van der Waals surface area (Å²) in [4.78, 5) is 69.5. The van der Waals surface area contributed by atoms with Crippen molar-refractivity contribution in [2.45, 2.75) is 75.9 Å². The third-order valence-electron chi connectivity index (χ3n) is 12.1. The van der Waals surface area contributed by atoms with Gasteiger partial charge in [0.2, 0.25) is 23.2 Å². The molecule has 3 aromatic rings. The van der Waals surface area contributed by atoms with Crippen LogP contribution in [0.2, 0.25) is 5.02 Å². The maximum Gasteiger partial charge on any atom is 0.250 e. The number of allylic oxidation sites excluding steroid dienone is 1. The largest absolute Gasteiger partial charge is 0.507 e. The molecule has 58 heavy (non-hydrogen) atoms. The lowest BCUT2D eigenvalue weighted by Crippen LogP contribution is -2.53. The van der Waals surface area contributed by atoms with E-state index in [0.717, 1.165) is 12.1 Å². The summed E-state index contributed by atoms with van der Waals surface area (Å²) in [6.07, 6.45) is 2.77. The van der Waals surface area contributed by atoms with Gasteiger partial charge in [-0.2, -0.15) is 0 Å². The molecule has 4 aliphatic rings. The highest BCUT2D eigenvalue weighted by molar-refractivity contribution is 6.35. The first-order valence-corrected chi connectivity index (χ1v) is 20.0. The van der Waals surface area contributed by atoms with Crippen LogP contribution < -0.4 is 29.8 Å². The van der Waals surface area contributed by atoms with Gasteiger partial charge < -0.3 is 43.9 Å². The fourth-order valence-electron chi connectivity index (χ4n) is 9.16. The Hall–Kier alpha value is -5.50. The van der Waals surface area contributed by atoms with Gasteiger partial charge in [-0.15, -0.1) is 0 Å². The van der Waals surface area contributed by atoms with Gasteiger partial charge in [0.05, 0.1) is 21.3 Å². The van der Waals surface area contributed by atoms with Gasteiger partial charge in [-0.25, -0.2) is 0 Å². The number of Topliss-reactive ketones (excluding diaryl/α,β-unsaturated/α-hetero) is 2. The number of amides is 2. The van der Waals surface area contributed by atoms with Crippen molar-refractivity contribution in [3.8, 4) is 28.7 Å². The van der Waals surface area contributed by atoms with Gasteiger partial charge in [0.15, 0.2) is 28.8 Å². The number of nitrogens with zero attached hydrogens (tertiary/aromatic N) is 2. The molecule has 2 amide bonds. The number of fused-ring (bicyclic) bond motifs is 5.